The van der Waals surface area contributed by atoms with Gasteiger partial charge in [-0.1, -0.05) is 12.2 Å². The summed E-state index contributed by atoms with van der Waals surface area (Å²) in [7, 11) is 4.17. The van der Waals surface area contributed by atoms with E-state index in [1.54, 1.807) is 0 Å². The fourth-order valence-electron chi connectivity index (χ4n) is 8.38. The number of hydrogen-bond acceptors (Lipinski definition) is 9. The molecule has 0 spiro atoms. The van der Waals surface area contributed by atoms with Crippen molar-refractivity contribution in [2.24, 2.45) is 47.3 Å². The van der Waals surface area contributed by atoms with Gasteiger partial charge in [-0.2, -0.15) is 0 Å². The molecule has 8 aliphatic rings. The topological polar surface area (TPSA) is 125 Å². The van der Waals surface area contributed by atoms with Gasteiger partial charge >= 0.3 is 0 Å². The molecule has 8 rings (SSSR count). The van der Waals surface area contributed by atoms with E-state index in [1.165, 1.54) is 9.80 Å². The lowest BCUT2D eigenvalue weighted by atomic mass is 9.40. The molecule has 1 N–H and O–H groups in total. The smallest absolute Gasteiger partial charge is 0.300 e. The summed E-state index contributed by atoms with van der Waals surface area (Å²) in [5.41, 5.74) is 0. The second-order valence-corrected chi connectivity index (χ2v) is 12.7. The standard InChI is InChI=1S/C26H36N6O4.C2H4O2/c1-27-5-9-29(10-6-27)13-31-23(33)19-15-3-4-16(20(19)24(31)34)18-17(15)21-22(18)26(36)32(25(21)35)14-30-11-7-28(2)8-12-30;1-2(3)4/h3-4,15-22H,5-14H2,1-2H3;1H3,(H,3,4)/t15-,16+,17+,18-,19-,20+,21+,22-;. The quantitative estimate of drug-likeness (QED) is 0.332. The molecular formula is C28H40N6O6. The number of carboxylic acids is 1. The van der Waals surface area contributed by atoms with Crippen molar-refractivity contribution in [1.82, 2.24) is 29.4 Å². The number of nitrogens with zero attached hydrogens (tertiary/aromatic N) is 6. The molecule has 4 amide bonds. The molecule has 4 aliphatic heterocycles. The molecule has 0 aromatic carbocycles. The zero-order valence-corrected chi connectivity index (χ0v) is 23.5. The first-order valence-electron chi connectivity index (χ1n) is 14.5. The van der Waals surface area contributed by atoms with Crippen LogP contribution in [0.15, 0.2) is 12.2 Å². The summed E-state index contributed by atoms with van der Waals surface area (Å²) in [6, 6.07) is 0. The van der Waals surface area contributed by atoms with Crippen molar-refractivity contribution in [3.05, 3.63) is 12.2 Å². The lowest BCUT2D eigenvalue weighted by Gasteiger charge is -2.60. The Bertz CT molecular complexity index is 1070. The Morgan fingerprint density at radius 3 is 1.27 bits per heavy atom. The van der Waals surface area contributed by atoms with Crippen molar-refractivity contribution in [3.63, 3.8) is 0 Å². The van der Waals surface area contributed by atoms with Crippen molar-refractivity contribution in [2.75, 3.05) is 79.8 Å². The van der Waals surface area contributed by atoms with Crippen LogP contribution in [0.4, 0.5) is 0 Å². The third kappa shape index (κ3) is 4.31. The van der Waals surface area contributed by atoms with Crippen LogP contribution in [0, 0.1) is 47.3 Å². The minimum Gasteiger partial charge on any atom is -0.481 e. The average Bonchev–Trinajstić information content (AvgIpc) is 3.26. The lowest BCUT2D eigenvalue weighted by molar-refractivity contribution is -0.166. The summed E-state index contributed by atoms with van der Waals surface area (Å²) in [4.78, 5) is 75.1. The average molecular weight is 557 g/mol. The van der Waals surface area contributed by atoms with Crippen LogP contribution >= 0.6 is 0 Å². The van der Waals surface area contributed by atoms with E-state index >= 15 is 0 Å². The minimum atomic E-state index is -0.833. The van der Waals surface area contributed by atoms with Crippen molar-refractivity contribution < 1.29 is 29.1 Å². The van der Waals surface area contributed by atoms with E-state index in [4.69, 9.17) is 9.90 Å². The van der Waals surface area contributed by atoms with E-state index in [1.807, 2.05) is 0 Å². The molecule has 4 heterocycles. The first kappa shape index (κ1) is 27.5. The molecule has 8 atom stereocenters. The van der Waals surface area contributed by atoms with Crippen molar-refractivity contribution in [1.29, 1.82) is 0 Å². The van der Waals surface area contributed by atoms with Crippen molar-refractivity contribution in [2.45, 2.75) is 6.92 Å². The van der Waals surface area contributed by atoms with Crippen LogP contribution in [-0.2, 0) is 24.0 Å². The summed E-state index contributed by atoms with van der Waals surface area (Å²) in [6.45, 7) is 8.90. The summed E-state index contributed by atoms with van der Waals surface area (Å²) in [5, 5.41) is 7.42. The number of rotatable bonds is 4. The Morgan fingerprint density at radius 2 is 0.950 bits per heavy atom. The fourth-order valence-corrected chi connectivity index (χ4v) is 8.38. The maximum atomic E-state index is 13.6. The van der Waals surface area contributed by atoms with Gasteiger partial charge in [0.15, 0.2) is 0 Å². The molecule has 4 aliphatic carbocycles. The second-order valence-electron chi connectivity index (χ2n) is 12.7. The number of allylic oxidation sites excluding steroid dienone is 2. The van der Waals surface area contributed by atoms with Gasteiger partial charge < -0.3 is 14.9 Å². The molecule has 0 unspecified atom stereocenters. The molecule has 0 radical (unpaired) electrons. The highest BCUT2D eigenvalue weighted by molar-refractivity contribution is 6.09. The summed E-state index contributed by atoms with van der Waals surface area (Å²) in [5.74, 6) is -2.77. The summed E-state index contributed by atoms with van der Waals surface area (Å²) < 4.78 is 0. The predicted octanol–water partition coefficient (Wildman–Crippen LogP) is -1.25. The number of aliphatic carboxylic acids is 1. The molecular weight excluding hydrogens is 516 g/mol. The Hall–Kier alpha value is -2.67. The molecule has 40 heavy (non-hydrogen) atoms. The lowest BCUT2D eigenvalue weighted by Crippen LogP contribution is -2.63. The summed E-state index contributed by atoms with van der Waals surface area (Å²) >= 11 is 0. The number of carboxylic acid groups (broad SMARTS) is 1. The Morgan fingerprint density at radius 1 is 0.650 bits per heavy atom. The first-order chi connectivity index (χ1) is 19.1. The first-order valence-corrected chi connectivity index (χ1v) is 14.5. The van der Waals surface area contributed by atoms with Crippen LogP contribution in [0.3, 0.4) is 0 Å². The summed E-state index contributed by atoms with van der Waals surface area (Å²) in [6.07, 6.45) is 4.18. The number of amides is 4. The highest BCUT2D eigenvalue weighted by Crippen LogP contribution is 2.68. The van der Waals surface area contributed by atoms with Crippen LogP contribution in [0.5, 0.6) is 0 Å². The van der Waals surface area contributed by atoms with E-state index in [9.17, 15) is 19.2 Å². The molecule has 6 fully saturated rings. The normalized spacial score (nSPS) is 39.6. The largest absolute Gasteiger partial charge is 0.481 e. The predicted molar refractivity (Wildman–Crippen MR) is 142 cm³/mol. The van der Waals surface area contributed by atoms with Gasteiger partial charge in [0.1, 0.15) is 0 Å². The highest BCUT2D eigenvalue weighted by atomic mass is 16.4. The van der Waals surface area contributed by atoms with E-state index in [-0.39, 0.29) is 71.0 Å². The van der Waals surface area contributed by atoms with Gasteiger partial charge in [-0.15, -0.1) is 0 Å². The van der Waals surface area contributed by atoms with E-state index < -0.39 is 5.97 Å². The maximum Gasteiger partial charge on any atom is 0.300 e. The number of carbonyl (C=O) groups excluding carboxylic acids is 4. The van der Waals surface area contributed by atoms with Gasteiger partial charge in [-0.05, 0) is 37.8 Å². The number of hydrogen-bond donors (Lipinski definition) is 1. The molecule has 0 aromatic heterocycles. The van der Waals surface area contributed by atoms with Crippen LogP contribution < -0.4 is 0 Å². The molecule has 12 heteroatoms. The molecule has 2 saturated carbocycles. The number of piperazine rings is 2. The number of carbonyl (C=O) groups is 5. The van der Waals surface area contributed by atoms with Gasteiger partial charge in [0.05, 0.1) is 37.0 Å². The number of imide groups is 2. The third-order valence-electron chi connectivity index (χ3n) is 10.4. The highest BCUT2D eigenvalue weighted by Gasteiger charge is 2.75. The number of likely N-dealkylation sites (N-methyl/N-ethyl adjacent to an activating group) is 2. The number of likely N-dealkylation sites (tertiary alicyclic amines) is 2. The SMILES string of the molecule is CC(=O)O.CN1CCN(CN2C(=O)[C@@H]3[C@@H]4C=C[C@H]([C@@H]3C2=O)[C@H]2[C@H]3C(=O)N(CN5CCN(C)CC5)C(=O)[C@H]3[C@@H]42)CC1. The maximum absolute atomic E-state index is 13.6. The van der Waals surface area contributed by atoms with E-state index in [0.29, 0.717) is 13.3 Å². The van der Waals surface area contributed by atoms with Crippen LogP contribution in [0.2, 0.25) is 0 Å². The van der Waals surface area contributed by atoms with Crippen LogP contribution in [0.25, 0.3) is 0 Å². The van der Waals surface area contributed by atoms with Gasteiger partial charge in [0, 0.05) is 59.3 Å². The van der Waals surface area contributed by atoms with Gasteiger partial charge in [-0.25, -0.2) is 0 Å². The molecule has 12 nitrogen and oxygen atoms in total. The zero-order valence-electron chi connectivity index (χ0n) is 23.5. The number of fused-ring (bicyclic) bond motifs is 1. The van der Waals surface area contributed by atoms with Gasteiger partial charge in [0.25, 0.3) is 5.97 Å². The minimum absolute atomic E-state index is 0.000487. The second kappa shape index (κ2) is 10.3. The fraction of sp³-hybridized carbons (Fsp3) is 0.750. The monoisotopic (exact) mass is 556 g/mol. The molecule has 2 bridgehead atoms. The van der Waals surface area contributed by atoms with Crippen molar-refractivity contribution >= 4 is 29.6 Å². The van der Waals surface area contributed by atoms with Crippen LogP contribution in [0.1, 0.15) is 6.92 Å². The molecule has 0 aromatic rings. The van der Waals surface area contributed by atoms with Gasteiger partial charge in [-0.3, -0.25) is 43.6 Å². The Kier molecular flexibility index (Phi) is 7.09. The van der Waals surface area contributed by atoms with Crippen molar-refractivity contribution in [3.8, 4) is 0 Å². The molecule has 218 valence electrons. The Labute approximate surface area is 234 Å². The van der Waals surface area contributed by atoms with E-state index in [0.717, 1.165) is 59.3 Å². The van der Waals surface area contributed by atoms with Gasteiger partial charge in [0.2, 0.25) is 23.6 Å². The third-order valence-corrected chi connectivity index (χ3v) is 10.4. The van der Waals surface area contributed by atoms with Crippen LogP contribution in [-0.4, -0.2) is 144 Å². The molecule has 4 saturated heterocycles. The Balaban J connectivity index is 0.000000680. The zero-order chi connectivity index (χ0) is 28.5. The van der Waals surface area contributed by atoms with E-state index in [2.05, 4.69) is 45.8 Å².